The van der Waals surface area contributed by atoms with E-state index in [4.69, 9.17) is 4.74 Å². The van der Waals surface area contributed by atoms with Gasteiger partial charge in [-0.25, -0.2) is 0 Å². The monoisotopic (exact) mass is 431 g/mol. The first kappa shape index (κ1) is 21.3. The van der Waals surface area contributed by atoms with Crippen molar-refractivity contribution >= 4 is 0 Å². The van der Waals surface area contributed by atoms with E-state index in [2.05, 4.69) is 52.7 Å². The largest absolute Gasteiger partial charge is 0.380 e. The van der Waals surface area contributed by atoms with Gasteiger partial charge in [-0.05, 0) is 78.8 Å². The van der Waals surface area contributed by atoms with Gasteiger partial charge in [-0.3, -0.25) is 4.90 Å². The number of ether oxygens (including phenoxy) is 1. The number of hydrogen-bond acceptors (Lipinski definition) is 6. The van der Waals surface area contributed by atoms with Crippen LogP contribution in [0.4, 0.5) is 0 Å². The summed E-state index contributed by atoms with van der Waals surface area (Å²) < 4.78 is 5.74. The van der Waals surface area contributed by atoms with E-state index in [-0.39, 0.29) is 0 Å². The van der Waals surface area contributed by atoms with Crippen LogP contribution in [0, 0.1) is 22.7 Å². The Bertz CT molecular complexity index is 677. The minimum atomic E-state index is 0.481. The highest BCUT2D eigenvalue weighted by Gasteiger charge is 2.61. The van der Waals surface area contributed by atoms with Gasteiger partial charge in [0, 0.05) is 68.2 Å². The highest BCUT2D eigenvalue weighted by Crippen LogP contribution is 2.54. The molecule has 6 rings (SSSR count). The molecule has 176 valence electrons. The van der Waals surface area contributed by atoms with Crippen molar-refractivity contribution in [3.63, 3.8) is 0 Å². The van der Waals surface area contributed by atoms with Gasteiger partial charge in [0.05, 0.1) is 13.2 Å². The second-order valence-electron chi connectivity index (χ2n) is 12.6. The number of rotatable bonds is 2. The predicted molar refractivity (Wildman–Crippen MR) is 124 cm³/mol. The van der Waals surface area contributed by atoms with Crippen LogP contribution in [0.15, 0.2) is 0 Å². The number of likely N-dealkylation sites (N-methyl/N-ethyl adjacent to an activating group) is 1. The highest BCUT2D eigenvalue weighted by atomic mass is 16.5. The maximum absolute atomic E-state index is 5.74. The average Bonchev–Trinajstić information content (AvgIpc) is 3.14. The summed E-state index contributed by atoms with van der Waals surface area (Å²) in [4.78, 5) is 13.7. The van der Waals surface area contributed by atoms with Crippen LogP contribution in [0.5, 0.6) is 0 Å². The van der Waals surface area contributed by atoms with Crippen LogP contribution >= 0.6 is 0 Å². The van der Waals surface area contributed by atoms with Crippen molar-refractivity contribution in [3.8, 4) is 0 Å². The van der Waals surface area contributed by atoms with Gasteiger partial charge in [0.25, 0.3) is 0 Å². The fourth-order valence-corrected chi connectivity index (χ4v) is 8.83. The number of nitrogens with zero attached hydrogens (tertiary/aromatic N) is 5. The van der Waals surface area contributed by atoms with E-state index in [1.807, 2.05) is 0 Å². The summed E-state index contributed by atoms with van der Waals surface area (Å²) in [5.41, 5.74) is 0.971. The first-order valence-corrected chi connectivity index (χ1v) is 13.0. The van der Waals surface area contributed by atoms with Crippen molar-refractivity contribution in [3.05, 3.63) is 0 Å². The predicted octanol–water partition coefficient (Wildman–Crippen LogP) is 0.985. The Labute approximate surface area is 189 Å². The molecule has 0 aliphatic carbocycles. The third-order valence-corrected chi connectivity index (χ3v) is 10.6. The summed E-state index contributed by atoms with van der Waals surface area (Å²) in [6, 6.07) is 2.24. The molecule has 6 heteroatoms. The molecule has 0 bridgehead atoms. The minimum absolute atomic E-state index is 0.481. The summed E-state index contributed by atoms with van der Waals surface area (Å²) in [6.45, 7) is 12.4. The second-order valence-corrected chi connectivity index (χ2v) is 12.6. The lowest BCUT2D eigenvalue weighted by atomic mass is 9.53. The standard InChI is InChI=1S/C25H45N5O/c1-26-12-20(22-10-24(17-31-18-24)7-9-28(22)3)25(15-27(2)16-25)21(13-26)23-14-30-8-5-6-19(30)11-29(23)4/h19-23H,5-18H2,1-4H3. The Morgan fingerprint density at radius 2 is 1.52 bits per heavy atom. The zero-order valence-electron chi connectivity index (χ0n) is 20.4. The number of fused-ring (bicyclic) bond motifs is 1. The molecule has 2 spiro atoms. The fraction of sp³-hybridized carbons (Fsp3) is 1.00. The molecule has 0 aromatic carbocycles. The van der Waals surface area contributed by atoms with Crippen LogP contribution in [0.2, 0.25) is 0 Å². The third kappa shape index (κ3) is 3.35. The van der Waals surface area contributed by atoms with Gasteiger partial charge in [-0.15, -0.1) is 0 Å². The molecule has 31 heavy (non-hydrogen) atoms. The molecule has 6 heterocycles. The molecular formula is C25H45N5O. The van der Waals surface area contributed by atoms with Gasteiger partial charge in [-0.1, -0.05) is 0 Å². The van der Waals surface area contributed by atoms with Gasteiger partial charge >= 0.3 is 0 Å². The quantitative estimate of drug-likeness (QED) is 0.647. The van der Waals surface area contributed by atoms with Crippen molar-refractivity contribution in [1.29, 1.82) is 0 Å². The molecule has 0 radical (unpaired) electrons. The summed E-state index contributed by atoms with van der Waals surface area (Å²) in [7, 11) is 9.61. The molecule has 0 saturated carbocycles. The molecule has 0 aromatic rings. The molecule has 0 N–H and O–H groups in total. The molecular weight excluding hydrogens is 386 g/mol. The molecule has 6 nitrogen and oxygen atoms in total. The maximum atomic E-state index is 5.74. The van der Waals surface area contributed by atoms with Crippen LogP contribution in [0.25, 0.3) is 0 Å². The van der Waals surface area contributed by atoms with Gasteiger partial charge in [0.2, 0.25) is 0 Å². The number of hydrogen-bond donors (Lipinski definition) is 0. The molecule has 6 aliphatic heterocycles. The van der Waals surface area contributed by atoms with Crippen molar-refractivity contribution in [2.24, 2.45) is 22.7 Å². The Balaban J connectivity index is 1.31. The lowest BCUT2D eigenvalue weighted by Gasteiger charge is -2.67. The molecule has 0 aromatic heterocycles. The summed E-state index contributed by atoms with van der Waals surface area (Å²) >= 11 is 0. The SMILES string of the molecule is CN1CC(C2CC3(CCN2C)COC3)C2(CN(C)C2)C(C2CN3CCCC3CN2C)C1. The molecule has 6 saturated heterocycles. The van der Waals surface area contributed by atoms with Crippen LogP contribution in [-0.4, -0.2) is 136 Å². The van der Waals surface area contributed by atoms with Crippen molar-refractivity contribution in [2.45, 2.75) is 43.8 Å². The van der Waals surface area contributed by atoms with Gasteiger partial charge < -0.3 is 24.3 Å². The number of piperidine rings is 2. The summed E-state index contributed by atoms with van der Waals surface area (Å²) in [5.74, 6) is 1.56. The average molecular weight is 432 g/mol. The molecule has 5 unspecified atom stereocenters. The second kappa shape index (κ2) is 7.64. The van der Waals surface area contributed by atoms with E-state index >= 15 is 0 Å². The fourth-order valence-electron chi connectivity index (χ4n) is 8.83. The highest BCUT2D eigenvalue weighted by molar-refractivity contribution is 5.14. The van der Waals surface area contributed by atoms with Crippen molar-refractivity contribution in [2.75, 3.05) is 93.8 Å². The first-order chi connectivity index (χ1) is 14.9. The topological polar surface area (TPSA) is 25.4 Å². The zero-order valence-corrected chi connectivity index (χ0v) is 20.4. The maximum Gasteiger partial charge on any atom is 0.0545 e. The van der Waals surface area contributed by atoms with Gasteiger partial charge in [-0.2, -0.15) is 0 Å². The van der Waals surface area contributed by atoms with E-state index in [0.29, 0.717) is 22.9 Å². The summed E-state index contributed by atoms with van der Waals surface area (Å²) in [5, 5.41) is 0. The van der Waals surface area contributed by atoms with Gasteiger partial charge in [0.1, 0.15) is 0 Å². The smallest absolute Gasteiger partial charge is 0.0545 e. The third-order valence-electron chi connectivity index (χ3n) is 10.6. The minimum Gasteiger partial charge on any atom is -0.380 e. The Morgan fingerprint density at radius 1 is 0.774 bits per heavy atom. The van der Waals surface area contributed by atoms with Crippen LogP contribution < -0.4 is 0 Å². The zero-order chi connectivity index (χ0) is 21.4. The summed E-state index contributed by atoms with van der Waals surface area (Å²) in [6.07, 6.45) is 5.51. The molecule has 5 atom stereocenters. The Kier molecular flexibility index (Phi) is 5.25. The Morgan fingerprint density at radius 3 is 2.19 bits per heavy atom. The first-order valence-electron chi connectivity index (χ1n) is 13.0. The molecule has 6 aliphatic rings. The van der Waals surface area contributed by atoms with Crippen LogP contribution in [-0.2, 0) is 4.74 Å². The molecule has 0 amide bonds. The van der Waals surface area contributed by atoms with E-state index < -0.39 is 0 Å². The van der Waals surface area contributed by atoms with E-state index in [1.54, 1.807) is 0 Å². The van der Waals surface area contributed by atoms with E-state index in [0.717, 1.165) is 31.1 Å². The lowest BCUT2D eigenvalue weighted by Crippen LogP contribution is -2.75. The van der Waals surface area contributed by atoms with E-state index in [9.17, 15) is 0 Å². The van der Waals surface area contributed by atoms with Crippen LogP contribution in [0.3, 0.4) is 0 Å². The normalized spacial score (nSPS) is 44.3. The Hall–Kier alpha value is -0.240. The van der Waals surface area contributed by atoms with Crippen LogP contribution in [0.1, 0.15) is 25.7 Å². The number of piperazine rings is 1. The van der Waals surface area contributed by atoms with E-state index in [1.165, 1.54) is 78.0 Å². The van der Waals surface area contributed by atoms with Crippen molar-refractivity contribution in [1.82, 2.24) is 24.5 Å². The molecule has 6 fully saturated rings. The van der Waals surface area contributed by atoms with Crippen molar-refractivity contribution < 1.29 is 4.74 Å². The van der Waals surface area contributed by atoms with Gasteiger partial charge in [0.15, 0.2) is 0 Å². The number of likely N-dealkylation sites (tertiary alicyclic amines) is 3. The lowest BCUT2D eigenvalue weighted by molar-refractivity contribution is -0.197.